The van der Waals surface area contributed by atoms with E-state index in [0.29, 0.717) is 24.3 Å². The number of nitrogen functional groups attached to an aromatic ring is 1. The number of amides is 1. The molecule has 0 bridgehead atoms. The number of aliphatic hydroxyl groups excluding tert-OH is 1. The highest BCUT2D eigenvalue weighted by atomic mass is 35.5. The lowest BCUT2D eigenvalue weighted by atomic mass is 10.0. The molecule has 1 atom stereocenters. The SMILES string of the molecule is CC1(C)CN(C(=O)c2cccc(N)c2Cl)CC(CO)O1. The first-order valence-corrected chi connectivity index (χ1v) is 6.84. The zero-order valence-corrected chi connectivity index (χ0v) is 12.4. The molecular weight excluding hydrogens is 280 g/mol. The zero-order chi connectivity index (χ0) is 14.9. The Morgan fingerprint density at radius 3 is 2.95 bits per heavy atom. The van der Waals surface area contributed by atoms with Gasteiger partial charge in [-0.25, -0.2) is 0 Å². The van der Waals surface area contributed by atoms with Crippen LogP contribution in [0.4, 0.5) is 5.69 Å². The van der Waals surface area contributed by atoms with Gasteiger partial charge in [-0.2, -0.15) is 0 Å². The van der Waals surface area contributed by atoms with Crippen LogP contribution in [0.15, 0.2) is 18.2 Å². The normalized spacial score (nSPS) is 21.8. The molecule has 1 aromatic rings. The smallest absolute Gasteiger partial charge is 0.255 e. The number of nitrogens with two attached hydrogens (primary N) is 1. The quantitative estimate of drug-likeness (QED) is 0.812. The second-order valence-corrected chi connectivity index (χ2v) is 5.95. The molecule has 0 aliphatic carbocycles. The number of aliphatic hydroxyl groups is 1. The first kappa shape index (κ1) is 15.1. The maximum atomic E-state index is 12.6. The van der Waals surface area contributed by atoms with Crippen molar-refractivity contribution in [3.05, 3.63) is 28.8 Å². The van der Waals surface area contributed by atoms with Crippen molar-refractivity contribution in [3.8, 4) is 0 Å². The van der Waals surface area contributed by atoms with E-state index in [9.17, 15) is 9.90 Å². The van der Waals surface area contributed by atoms with E-state index in [1.165, 1.54) is 0 Å². The lowest BCUT2D eigenvalue weighted by molar-refractivity contribution is -0.139. The third-order valence-electron chi connectivity index (χ3n) is 3.23. The fraction of sp³-hybridized carbons (Fsp3) is 0.500. The molecule has 1 fully saturated rings. The summed E-state index contributed by atoms with van der Waals surface area (Å²) in [6.45, 7) is 4.42. The van der Waals surface area contributed by atoms with Crippen molar-refractivity contribution in [2.45, 2.75) is 25.6 Å². The number of hydrogen-bond donors (Lipinski definition) is 2. The summed E-state index contributed by atoms with van der Waals surface area (Å²) in [6.07, 6.45) is -0.387. The standard InChI is InChI=1S/C14H19ClN2O3/c1-14(2)8-17(6-9(7-18)20-14)13(19)10-4-3-5-11(16)12(10)15/h3-5,9,18H,6-8,16H2,1-2H3. The topological polar surface area (TPSA) is 75.8 Å². The number of nitrogens with zero attached hydrogens (tertiary/aromatic N) is 1. The molecule has 1 aliphatic heterocycles. The molecule has 2 rings (SSSR count). The molecule has 1 aromatic carbocycles. The first-order chi connectivity index (χ1) is 9.34. The summed E-state index contributed by atoms with van der Waals surface area (Å²) in [4.78, 5) is 14.2. The zero-order valence-electron chi connectivity index (χ0n) is 11.6. The Bertz CT molecular complexity index is 519. The van der Waals surface area contributed by atoms with Crippen LogP contribution in [0, 0.1) is 0 Å². The van der Waals surface area contributed by atoms with Crippen LogP contribution in [0.25, 0.3) is 0 Å². The lowest BCUT2D eigenvalue weighted by Crippen LogP contribution is -2.55. The maximum absolute atomic E-state index is 12.6. The number of rotatable bonds is 2. The highest BCUT2D eigenvalue weighted by Crippen LogP contribution is 2.27. The molecule has 1 heterocycles. The Kier molecular flexibility index (Phi) is 4.22. The molecule has 0 radical (unpaired) electrons. The molecule has 110 valence electrons. The van der Waals surface area contributed by atoms with E-state index >= 15 is 0 Å². The highest BCUT2D eigenvalue weighted by molar-refractivity contribution is 6.36. The second-order valence-electron chi connectivity index (χ2n) is 5.58. The molecule has 20 heavy (non-hydrogen) atoms. The minimum absolute atomic E-state index is 0.127. The van der Waals surface area contributed by atoms with Gasteiger partial charge in [0.15, 0.2) is 0 Å². The van der Waals surface area contributed by atoms with Gasteiger partial charge in [0.2, 0.25) is 0 Å². The number of halogens is 1. The Morgan fingerprint density at radius 1 is 1.60 bits per heavy atom. The largest absolute Gasteiger partial charge is 0.398 e. The molecule has 1 amide bonds. The third kappa shape index (κ3) is 3.06. The van der Waals surface area contributed by atoms with Crippen LogP contribution in [-0.2, 0) is 4.74 Å². The molecule has 1 aliphatic rings. The molecule has 0 aromatic heterocycles. The summed E-state index contributed by atoms with van der Waals surface area (Å²) >= 11 is 6.10. The molecule has 1 unspecified atom stereocenters. The number of benzene rings is 1. The van der Waals surface area contributed by atoms with E-state index in [4.69, 9.17) is 22.1 Å². The van der Waals surface area contributed by atoms with Crippen LogP contribution in [0.3, 0.4) is 0 Å². The summed E-state index contributed by atoms with van der Waals surface area (Å²) in [5.41, 5.74) is 5.98. The predicted octanol–water partition coefficient (Wildman–Crippen LogP) is 1.53. The van der Waals surface area contributed by atoms with Gasteiger partial charge in [0.1, 0.15) is 0 Å². The lowest BCUT2D eigenvalue weighted by Gasteiger charge is -2.42. The monoisotopic (exact) mass is 298 g/mol. The van der Waals surface area contributed by atoms with Crippen LogP contribution >= 0.6 is 11.6 Å². The van der Waals surface area contributed by atoms with Gasteiger partial charge in [-0.05, 0) is 26.0 Å². The van der Waals surface area contributed by atoms with Crippen molar-refractivity contribution < 1.29 is 14.6 Å². The van der Waals surface area contributed by atoms with Gasteiger partial charge < -0.3 is 20.5 Å². The Balaban J connectivity index is 2.26. The van der Waals surface area contributed by atoms with Gasteiger partial charge in [0.05, 0.1) is 34.6 Å². The van der Waals surface area contributed by atoms with Gasteiger partial charge in [-0.15, -0.1) is 0 Å². The van der Waals surface area contributed by atoms with Crippen LogP contribution < -0.4 is 5.73 Å². The van der Waals surface area contributed by atoms with Crippen LogP contribution in [0.1, 0.15) is 24.2 Å². The molecule has 1 saturated heterocycles. The van der Waals surface area contributed by atoms with Gasteiger partial charge in [-0.1, -0.05) is 17.7 Å². The second kappa shape index (κ2) is 5.60. The van der Waals surface area contributed by atoms with Crippen molar-refractivity contribution in [1.82, 2.24) is 4.90 Å². The first-order valence-electron chi connectivity index (χ1n) is 6.46. The number of ether oxygens (including phenoxy) is 1. The van der Waals surface area contributed by atoms with Crippen LogP contribution in [-0.4, -0.2) is 47.3 Å². The number of hydrogen-bond acceptors (Lipinski definition) is 4. The summed E-state index contributed by atoms with van der Waals surface area (Å²) in [5, 5.41) is 9.55. The Hall–Kier alpha value is -1.30. The average molecular weight is 299 g/mol. The van der Waals surface area contributed by atoms with Crippen molar-refractivity contribution >= 4 is 23.2 Å². The van der Waals surface area contributed by atoms with Crippen molar-refractivity contribution in [2.24, 2.45) is 0 Å². The molecule has 5 nitrogen and oxygen atoms in total. The Morgan fingerprint density at radius 2 is 2.30 bits per heavy atom. The van der Waals surface area contributed by atoms with Crippen molar-refractivity contribution in [1.29, 1.82) is 0 Å². The number of carbonyl (C=O) groups is 1. The fourth-order valence-corrected chi connectivity index (χ4v) is 2.64. The fourth-order valence-electron chi connectivity index (χ4n) is 2.43. The van der Waals surface area contributed by atoms with Gasteiger partial charge in [0.25, 0.3) is 5.91 Å². The number of carbonyl (C=O) groups excluding carboxylic acids is 1. The van der Waals surface area contributed by atoms with Crippen LogP contribution in [0.5, 0.6) is 0 Å². The van der Waals surface area contributed by atoms with Crippen molar-refractivity contribution in [3.63, 3.8) is 0 Å². The molecule has 3 N–H and O–H groups in total. The van der Waals surface area contributed by atoms with Crippen LogP contribution in [0.2, 0.25) is 5.02 Å². The van der Waals surface area contributed by atoms with E-state index in [1.54, 1.807) is 23.1 Å². The average Bonchev–Trinajstić information content (AvgIpc) is 2.39. The number of anilines is 1. The molecular formula is C14H19ClN2O3. The van der Waals surface area contributed by atoms with Gasteiger partial charge in [-0.3, -0.25) is 4.79 Å². The van der Waals surface area contributed by atoms with E-state index < -0.39 is 5.60 Å². The predicted molar refractivity (Wildman–Crippen MR) is 77.8 cm³/mol. The molecule has 0 saturated carbocycles. The third-order valence-corrected chi connectivity index (χ3v) is 3.65. The van der Waals surface area contributed by atoms with Gasteiger partial charge >= 0.3 is 0 Å². The number of morpholine rings is 1. The summed E-state index contributed by atoms with van der Waals surface area (Å²) < 4.78 is 5.69. The van der Waals surface area contributed by atoms with E-state index in [-0.39, 0.29) is 23.6 Å². The highest BCUT2D eigenvalue weighted by Gasteiger charge is 2.36. The molecule has 6 heteroatoms. The summed E-state index contributed by atoms with van der Waals surface area (Å²) in [6, 6.07) is 5.00. The van der Waals surface area contributed by atoms with E-state index in [2.05, 4.69) is 0 Å². The maximum Gasteiger partial charge on any atom is 0.255 e. The Labute approximate surface area is 123 Å². The summed E-state index contributed by atoms with van der Waals surface area (Å²) in [5.74, 6) is -0.197. The molecule has 0 spiro atoms. The minimum Gasteiger partial charge on any atom is -0.398 e. The van der Waals surface area contributed by atoms with E-state index in [0.717, 1.165) is 0 Å². The minimum atomic E-state index is -0.506. The summed E-state index contributed by atoms with van der Waals surface area (Å²) in [7, 11) is 0. The van der Waals surface area contributed by atoms with Gasteiger partial charge in [0, 0.05) is 13.1 Å². The van der Waals surface area contributed by atoms with Crippen molar-refractivity contribution in [2.75, 3.05) is 25.4 Å². The van der Waals surface area contributed by atoms with E-state index in [1.807, 2.05) is 13.8 Å².